The molecule has 4 fully saturated rings. The van der Waals surface area contributed by atoms with Crippen LogP contribution in [0.15, 0.2) is 12.2 Å². The highest BCUT2D eigenvalue weighted by Gasteiger charge is 2.44. The van der Waals surface area contributed by atoms with Crippen molar-refractivity contribution >= 4 is 11.9 Å². The number of piperidine rings is 1. The zero-order chi connectivity index (χ0) is 48.5. The maximum atomic E-state index is 13.5. The molecule has 68 heavy (non-hydrogen) atoms. The average Bonchev–Trinajstić information content (AvgIpc) is 4.25. The largest absolute Gasteiger partial charge is 0.463 e. The van der Waals surface area contributed by atoms with Crippen molar-refractivity contribution in [1.29, 1.82) is 0 Å². The molecule has 1 saturated heterocycles. The molecule has 3 saturated carbocycles. The summed E-state index contributed by atoms with van der Waals surface area (Å²) in [5, 5.41) is 0. The van der Waals surface area contributed by atoms with E-state index in [2.05, 4.69) is 51.8 Å². The maximum Gasteiger partial charge on any atom is 0.312 e. The molecular weight excluding hydrogens is 843 g/mol. The van der Waals surface area contributed by atoms with Crippen molar-refractivity contribution in [2.45, 2.75) is 277 Å². The predicted molar refractivity (Wildman–Crippen MR) is 285 cm³/mol. The molecule has 8 atom stereocenters. The van der Waals surface area contributed by atoms with E-state index >= 15 is 0 Å². The molecule has 0 radical (unpaired) electrons. The number of esters is 2. The third kappa shape index (κ3) is 25.8. The summed E-state index contributed by atoms with van der Waals surface area (Å²) in [4.78, 5) is 29.3. The second kappa shape index (κ2) is 36.5. The van der Waals surface area contributed by atoms with Crippen LogP contribution in [0.1, 0.15) is 265 Å². The van der Waals surface area contributed by atoms with E-state index in [1.807, 2.05) is 0 Å². The normalized spacial score (nSPS) is 25.0. The van der Waals surface area contributed by atoms with Crippen LogP contribution in [0, 0.1) is 40.9 Å². The van der Waals surface area contributed by atoms with Gasteiger partial charge in [0.1, 0.15) is 18.8 Å². The van der Waals surface area contributed by atoms with Gasteiger partial charge in [-0.3, -0.25) is 9.59 Å². The molecular formula is C61H111NO6. The highest BCUT2D eigenvalue weighted by Crippen LogP contribution is 2.47. The van der Waals surface area contributed by atoms with Gasteiger partial charge < -0.3 is 23.8 Å². The van der Waals surface area contributed by atoms with Gasteiger partial charge in [0.15, 0.2) is 0 Å². The molecule has 4 aliphatic rings. The quantitative estimate of drug-likeness (QED) is 0.0342. The van der Waals surface area contributed by atoms with Gasteiger partial charge in [0, 0.05) is 25.6 Å². The van der Waals surface area contributed by atoms with E-state index in [0.717, 1.165) is 94.7 Å². The van der Waals surface area contributed by atoms with E-state index in [9.17, 15) is 9.59 Å². The Kier molecular flexibility index (Phi) is 31.7. The summed E-state index contributed by atoms with van der Waals surface area (Å²) in [6.45, 7) is 12.8. The Morgan fingerprint density at radius 3 is 1.59 bits per heavy atom. The molecule has 396 valence electrons. The van der Waals surface area contributed by atoms with E-state index in [0.29, 0.717) is 19.6 Å². The number of allylic oxidation sites excluding steroid dienone is 2. The number of unbranched alkanes of at least 4 members (excludes halogenated alkanes) is 20. The summed E-state index contributed by atoms with van der Waals surface area (Å²) in [6, 6.07) is 0. The van der Waals surface area contributed by atoms with Crippen molar-refractivity contribution in [3.63, 3.8) is 0 Å². The first-order valence-electron chi connectivity index (χ1n) is 30.2. The maximum absolute atomic E-state index is 13.5. The van der Waals surface area contributed by atoms with Crippen molar-refractivity contribution in [3.8, 4) is 0 Å². The topological polar surface area (TPSA) is 74.3 Å². The SMILES string of the molecule is CC/C=C\CC1C(CC(=O)OCC(COCCCCCCCCC2CC2CCCCCCCC)OCCCCCCCCC2CC2CCCCCCCC)CCC1OC(=O)C1(C)CCN(C)CC1. The molecule has 4 rings (SSSR count). The number of nitrogens with zero attached hydrogens (tertiary/aromatic N) is 1. The summed E-state index contributed by atoms with van der Waals surface area (Å²) in [7, 11) is 2.12. The lowest BCUT2D eigenvalue weighted by atomic mass is 9.80. The van der Waals surface area contributed by atoms with Crippen molar-refractivity contribution in [3.05, 3.63) is 12.2 Å². The molecule has 0 bridgehead atoms. The minimum atomic E-state index is -0.428. The molecule has 1 aliphatic heterocycles. The second-order valence-corrected chi connectivity index (χ2v) is 23.3. The first-order chi connectivity index (χ1) is 33.3. The van der Waals surface area contributed by atoms with E-state index in [1.54, 1.807) is 0 Å². The molecule has 3 aliphatic carbocycles. The molecule has 7 heteroatoms. The number of ether oxygens (including phenoxy) is 4. The van der Waals surface area contributed by atoms with Crippen molar-refractivity contribution in [2.75, 3.05) is 46.6 Å². The second-order valence-electron chi connectivity index (χ2n) is 23.3. The van der Waals surface area contributed by atoms with Crippen LogP contribution in [0.25, 0.3) is 0 Å². The molecule has 0 aromatic rings. The van der Waals surface area contributed by atoms with Gasteiger partial charge in [0.2, 0.25) is 0 Å². The summed E-state index contributed by atoms with van der Waals surface area (Å²) in [5.74, 6) is 4.21. The molecule has 7 nitrogen and oxygen atoms in total. The highest BCUT2D eigenvalue weighted by molar-refractivity contribution is 5.77. The van der Waals surface area contributed by atoms with Gasteiger partial charge >= 0.3 is 11.9 Å². The first kappa shape index (κ1) is 59.1. The number of carbonyl (C=O) groups excluding carboxylic acids is 2. The monoisotopic (exact) mass is 954 g/mol. The van der Waals surface area contributed by atoms with Gasteiger partial charge in [0.25, 0.3) is 0 Å². The molecule has 0 aromatic carbocycles. The van der Waals surface area contributed by atoms with Gasteiger partial charge in [-0.1, -0.05) is 200 Å². The van der Waals surface area contributed by atoms with Crippen LogP contribution in [0.2, 0.25) is 0 Å². The zero-order valence-electron chi connectivity index (χ0n) is 45.6. The van der Waals surface area contributed by atoms with E-state index in [-0.39, 0.29) is 42.6 Å². The van der Waals surface area contributed by atoms with E-state index in [1.165, 1.54) is 180 Å². The van der Waals surface area contributed by atoms with Gasteiger partial charge in [-0.25, -0.2) is 0 Å². The van der Waals surface area contributed by atoms with Gasteiger partial charge in [0.05, 0.1) is 12.0 Å². The average molecular weight is 955 g/mol. The van der Waals surface area contributed by atoms with Crippen LogP contribution >= 0.6 is 0 Å². The van der Waals surface area contributed by atoms with Crippen LogP contribution in [0.5, 0.6) is 0 Å². The Bertz CT molecular complexity index is 1300. The fraction of sp³-hybridized carbons (Fsp3) is 0.934. The van der Waals surface area contributed by atoms with Crippen LogP contribution in [-0.2, 0) is 28.5 Å². The minimum absolute atomic E-state index is 0.0559. The third-order valence-electron chi connectivity index (χ3n) is 17.2. The highest BCUT2D eigenvalue weighted by atomic mass is 16.6. The summed E-state index contributed by atoms with van der Waals surface area (Å²) in [5.41, 5.74) is -0.428. The molecule has 0 spiro atoms. The first-order valence-corrected chi connectivity index (χ1v) is 30.2. The lowest BCUT2D eigenvalue weighted by molar-refractivity contribution is -0.165. The molecule has 0 N–H and O–H groups in total. The predicted octanol–water partition coefficient (Wildman–Crippen LogP) is 16.6. The Morgan fingerprint density at radius 1 is 0.588 bits per heavy atom. The van der Waals surface area contributed by atoms with Crippen LogP contribution < -0.4 is 0 Å². The standard InChI is InChI=1S/C61H111NO6/c1-6-9-12-14-20-27-33-51-46-53(51)35-29-22-16-18-24-31-44-65-49-56(66-45-32-25-19-17-23-30-36-54-47-52(54)34-28-21-15-13-10-7-2)50-67-59(63)48-55-38-39-58(57(55)37-26-11-8-3)68-60(64)61(4)40-42-62(5)43-41-61/h11,26,51-58H,6-10,12-25,27-50H2,1-5H3/b26-11-. The smallest absolute Gasteiger partial charge is 0.312 e. The Morgan fingerprint density at radius 2 is 1.07 bits per heavy atom. The summed E-state index contributed by atoms with van der Waals surface area (Å²) >= 11 is 0. The minimum Gasteiger partial charge on any atom is -0.463 e. The van der Waals surface area contributed by atoms with Crippen LogP contribution in [0.4, 0.5) is 0 Å². The fourth-order valence-electron chi connectivity index (χ4n) is 11.9. The molecule has 0 aromatic heterocycles. The number of rotatable bonds is 44. The van der Waals surface area contributed by atoms with Crippen molar-refractivity contribution in [1.82, 2.24) is 4.90 Å². The summed E-state index contributed by atoms with van der Waals surface area (Å²) in [6.07, 6.45) is 50.8. The van der Waals surface area contributed by atoms with E-state index in [4.69, 9.17) is 18.9 Å². The van der Waals surface area contributed by atoms with Gasteiger partial charge in [-0.15, -0.1) is 0 Å². The number of carbonyl (C=O) groups is 2. The van der Waals surface area contributed by atoms with Gasteiger partial charge in [-0.05, 0) is 121 Å². The zero-order valence-corrected chi connectivity index (χ0v) is 45.6. The van der Waals surface area contributed by atoms with E-state index < -0.39 is 5.41 Å². The molecule has 8 unspecified atom stereocenters. The van der Waals surface area contributed by atoms with Crippen LogP contribution in [-0.4, -0.2) is 75.6 Å². The third-order valence-corrected chi connectivity index (χ3v) is 17.2. The summed E-state index contributed by atoms with van der Waals surface area (Å²) < 4.78 is 24.9. The van der Waals surface area contributed by atoms with Gasteiger partial charge in [-0.2, -0.15) is 0 Å². The van der Waals surface area contributed by atoms with Crippen molar-refractivity contribution in [2.24, 2.45) is 40.9 Å². The lowest BCUT2D eigenvalue weighted by Crippen LogP contribution is -2.43. The fourth-order valence-corrected chi connectivity index (χ4v) is 11.9. The Hall–Kier alpha value is -1.44. The van der Waals surface area contributed by atoms with Crippen molar-refractivity contribution < 1.29 is 28.5 Å². The number of hydrogen-bond acceptors (Lipinski definition) is 7. The number of hydrogen-bond donors (Lipinski definition) is 0. The molecule has 1 heterocycles. The Labute approximate surface area is 420 Å². The Balaban J connectivity index is 1.10. The van der Waals surface area contributed by atoms with Crippen LogP contribution in [0.3, 0.4) is 0 Å². The number of likely N-dealkylation sites (tertiary alicyclic amines) is 1. The molecule has 0 amide bonds. The lowest BCUT2D eigenvalue weighted by Gasteiger charge is -2.37.